The Bertz CT molecular complexity index is 639. The van der Waals surface area contributed by atoms with Gasteiger partial charge < -0.3 is 14.8 Å². The fourth-order valence-electron chi connectivity index (χ4n) is 2.74. The van der Waals surface area contributed by atoms with Crippen LogP contribution >= 0.6 is 0 Å². The Kier molecular flexibility index (Phi) is 4.71. The van der Waals surface area contributed by atoms with Crippen molar-refractivity contribution in [3.8, 4) is 16.9 Å². The molecule has 1 aliphatic heterocycles. The van der Waals surface area contributed by atoms with Gasteiger partial charge in [-0.2, -0.15) is 0 Å². The molecule has 0 spiro atoms. The highest BCUT2D eigenvalue weighted by Crippen LogP contribution is 2.28. The van der Waals surface area contributed by atoms with Crippen LogP contribution in [-0.4, -0.2) is 26.3 Å². The van der Waals surface area contributed by atoms with E-state index in [0.717, 1.165) is 36.2 Å². The summed E-state index contributed by atoms with van der Waals surface area (Å²) in [5, 5.41) is 3.29. The van der Waals surface area contributed by atoms with Gasteiger partial charge >= 0.3 is 0 Å². The SMILES string of the molecule is COc1ccc(-c2ccccc2CO[C@H]2CCNC2)cc1F. The molecule has 3 rings (SSSR count). The van der Waals surface area contributed by atoms with Gasteiger partial charge in [0.05, 0.1) is 19.8 Å². The number of ether oxygens (including phenoxy) is 2. The van der Waals surface area contributed by atoms with Gasteiger partial charge in [0.2, 0.25) is 0 Å². The van der Waals surface area contributed by atoms with E-state index in [-0.39, 0.29) is 17.7 Å². The van der Waals surface area contributed by atoms with Crippen LogP contribution in [0.1, 0.15) is 12.0 Å². The third-order valence-electron chi connectivity index (χ3n) is 3.97. The van der Waals surface area contributed by atoms with Gasteiger partial charge in [-0.25, -0.2) is 4.39 Å². The molecule has 0 radical (unpaired) electrons. The van der Waals surface area contributed by atoms with Crippen molar-refractivity contribution >= 4 is 0 Å². The van der Waals surface area contributed by atoms with Gasteiger partial charge in [0.15, 0.2) is 11.6 Å². The molecule has 1 N–H and O–H groups in total. The lowest BCUT2D eigenvalue weighted by Gasteiger charge is -2.14. The predicted molar refractivity (Wildman–Crippen MR) is 84.5 cm³/mol. The average Bonchev–Trinajstić information content (AvgIpc) is 3.06. The van der Waals surface area contributed by atoms with Gasteiger partial charge in [-0.3, -0.25) is 0 Å². The molecule has 3 nitrogen and oxygen atoms in total. The van der Waals surface area contributed by atoms with E-state index in [1.165, 1.54) is 13.2 Å². The topological polar surface area (TPSA) is 30.5 Å². The molecule has 0 unspecified atom stereocenters. The Balaban J connectivity index is 1.82. The van der Waals surface area contributed by atoms with Crippen molar-refractivity contribution in [1.29, 1.82) is 0 Å². The van der Waals surface area contributed by atoms with E-state index in [2.05, 4.69) is 5.32 Å². The Labute approximate surface area is 130 Å². The second kappa shape index (κ2) is 6.90. The summed E-state index contributed by atoms with van der Waals surface area (Å²) in [5.41, 5.74) is 2.90. The summed E-state index contributed by atoms with van der Waals surface area (Å²) in [6, 6.07) is 13.0. The monoisotopic (exact) mass is 301 g/mol. The van der Waals surface area contributed by atoms with Crippen LogP contribution in [0.4, 0.5) is 4.39 Å². The maximum atomic E-state index is 13.9. The van der Waals surface area contributed by atoms with Crippen LogP contribution in [0.3, 0.4) is 0 Å². The Morgan fingerprint density at radius 3 is 2.82 bits per heavy atom. The lowest BCUT2D eigenvalue weighted by molar-refractivity contribution is 0.0545. The van der Waals surface area contributed by atoms with E-state index in [1.54, 1.807) is 6.07 Å². The Morgan fingerprint density at radius 2 is 2.09 bits per heavy atom. The molecule has 116 valence electrons. The first-order valence-corrected chi connectivity index (χ1v) is 7.52. The summed E-state index contributed by atoms with van der Waals surface area (Å²) in [5.74, 6) is -0.0924. The molecule has 0 amide bonds. The van der Waals surface area contributed by atoms with Gasteiger partial charge in [-0.1, -0.05) is 30.3 Å². The fraction of sp³-hybridized carbons (Fsp3) is 0.333. The molecule has 0 bridgehead atoms. The lowest BCUT2D eigenvalue weighted by Crippen LogP contribution is -2.16. The highest BCUT2D eigenvalue weighted by molar-refractivity contribution is 5.68. The molecule has 1 atom stereocenters. The minimum atomic E-state index is -0.351. The van der Waals surface area contributed by atoms with Crippen LogP contribution in [0.15, 0.2) is 42.5 Å². The summed E-state index contributed by atoms with van der Waals surface area (Å²) in [4.78, 5) is 0. The second-order valence-corrected chi connectivity index (χ2v) is 5.43. The molecule has 1 aliphatic rings. The van der Waals surface area contributed by atoms with Crippen molar-refractivity contribution in [3.05, 3.63) is 53.8 Å². The van der Waals surface area contributed by atoms with Gasteiger partial charge in [-0.05, 0) is 41.8 Å². The number of rotatable bonds is 5. The quantitative estimate of drug-likeness (QED) is 0.918. The van der Waals surface area contributed by atoms with E-state index in [9.17, 15) is 4.39 Å². The number of nitrogens with one attached hydrogen (secondary N) is 1. The molecular formula is C18H20FNO2. The number of hydrogen-bond donors (Lipinski definition) is 1. The first-order valence-electron chi connectivity index (χ1n) is 7.52. The van der Waals surface area contributed by atoms with Crippen molar-refractivity contribution in [1.82, 2.24) is 5.32 Å². The van der Waals surface area contributed by atoms with Crippen molar-refractivity contribution in [3.63, 3.8) is 0 Å². The summed E-state index contributed by atoms with van der Waals surface area (Å²) < 4.78 is 24.9. The average molecular weight is 301 g/mol. The fourth-order valence-corrected chi connectivity index (χ4v) is 2.74. The summed E-state index contributed by atoms with van der Waals surface area (Å²) in [7, 11) is 1.47. The number of halogens is 1. The van der Waals surface area contributed by atoms with E-state index in [4.69, 9.17) is 9.47 Å². The van der Waals surface area contributed by atoms with Crippen molar-refractivity contribution in [2.24, 2.45) is 0 Å². The molecule has 22 heavy (non-hydrogen) atoms. The van der Waals surface area contributed by atoms with Crippen LogP contribution in [0.2, 0.25) is 0 Å². The zero-order valence-corrected chi connectivity index (χ0v) is 12.6. The number of hydrogen-bond acceptors (Lipinski definition) is 3. The van der Waals surface area contributed by atoms with Gasteiger partial charge in [0, 0.05) is 6.54 Å². The van der Waals surface area contributed by atoms with Crippen LogP contribution in [-0.2, 0) is 11.3 Å². The minimum Gasteiger partial charge on any atom is -0.494 e. The van der Waals surface area contributed by atoms with Gasteiger partial charge in [-0.15, -0.1) is 0 Å². The van der Waals surface area contributed by atoms with E-state index in [1.807, 2.05) is 30.3 Å². The molecule has 1 heterocycles. The molecule has 2 aromatic carbocycles. The van der Waals surface area contributed by atoms with Crippen LogP contribution in [0.5, 0.6) is 5.75 Å². The zero-order valence-electron chi connectivity index (χ0n) is 12.6. The third kappa shape index (κ3) is 3.29. The van der Waals surface area contributed by atoms with Crippen LogP contribution in [0.25, 0.3) is 11.1 Å². The smallest absolute Gasteiger partial charge is 0.165 e. The second-order valence-electron chi connectivity index (χ2n) is 5.43. The first-order chi connectivity index (χ1) is 10.8. The normalized spacial score (nSPS) is 17.6. The first kappa shape index (κ1) is 15.0. The van der Waals surface area contributed by atoms with E-state index in [0.29, 0.717) is 6.61 Å². The molecule has 0 aromatic heterocycles. The van der Waals surface area contributed by atoms with Crippen LogP contribution in [0, 0.1) is 5.82 Å². The predicted octanol–water partition coefficient (Wildman–Crippen LogP) is 3.38. The zero-order chi connectivity index (χ0) is 15.4. The van der Waals surface area contributed by atoms with Crippen molar-refractivity contribution in [2.45, 2.75) is 19.1 Å². The highest BCUT2D eigenvalue weighted by atomic mass is 19.1. The Morgan fingerprint density at radius 1 is 1.23 bits per heavy atom. The minimum absolute atomic E-state index is 0.259. The molecule has 2 aromatic rings. The van der Waals surface area contributed by atoms with Crippen molar-refractivity contribution in [2.75, 3.05) is 20.2 Å². The molecule has 0 aliphatic carbocycles. The Hall–Kier alpha value is -1.91. The van der Waals surface area contributed by atoms with Crippen molar-refractivity contribution < 1.29 is 13.9 Å². The standard InChI is InChI=1S/C18H20FNO2/c1-21-18-7-6-13(10-17(18)19)16-5-3-2-4-14(16)12-22-15-8-9-20-11-15/h2-7,10,15,20H,8-9,11-12H2,1H3/t15-/m0/s1. The summed E-state index contributed by atoms with van der Waals surface area (Å²) in [6.45, 7) is 2.45. The summed E-state index contributed by atoms with van der Waals surface area (Å²) in [6.07, 6.45) is 1.31. The molecule has 1 saturated heterocycles. The highest BCUT2D eigenvalue weighted by Gasteiger charge is 2.16. The molecule has 0 saturated carbocycles. The van der Waals surface area contributed by atoms with E-state index >= 15 is 0 Å². The molecular weight excluding hydrogens is 281 g/mol. The maximum absolute atomic E-state index is 13.9. The molecule has 1 fully saturated rings. The number of methoxy groups -OCH3 is 1. The molecule has 4 heteroatoms. The summed E-state index contributed by atoms with van der Waals surface area (Å²) >= 11 is 0. The third-order valence-corrected chi connectivity index (χ3v) is 3.97. The maximum Gasteiger partial charge on any atom is 0.165 e. The lowest BCUT2D eigenvalue weighted by atomic mass is 10.00. The van der Waals surface area contributed by atoms with Gasteiger partial charge in [0.25, 0.3) is 0 Å². The van der Waals surface area contributed by atoms with Gasteiger partial charge in [0.1, 0.15) is 0 Å². The largest absolute Gasteiger partial charge is 0.494 e. The number of benzene rings is 2. The van der Waals surface area contributed by atoms with E-state index < -0.39 is 0 Å². The van der Waals surface area contributed by atoms with Crippen LogP contribution < -0.4 is 10.1 Å².